The number of fused-ring (bicyclic) bond motifs is 1. The average molecular weight is 627 g/mol. The number of nitrogens with zero attached hydrogens (tertiary/aromatic N) is 1. The lowest BCUT2D eigenvalue weighted by Crippen LogP contribution is -2.34. The number of amides is 1. The maximum absolute atomic E-state index is 13.6. The molecule has 0 atom stereocenters. The molecule has 5 rings (SSSR count). The lowest BCUT2D eigenvalue weighted by molar-refractivity contribution is -0.0426. The molecule has 234 valence electrons. The minimum atomic E-state index is -3.72. The van der Waals surface area contributed by atoms with Crippen LogP contribution in [0.4, 0.5) is 10.1 Å². The molecule has 0 radical (unpaired) electrons. The second-order valence-corrected chi connectivity index (χ2v) is 12.6. The summed E-state index contributed by atoms with van der Waals surface area (Å²) in [5.41, 5.74) is 3.58. The topological polar surface area (TPSA) is 139 Å². The second-order valence-electron chi connectivity index (χ2n) is 10.7. The van der Waals surface area contributed by atoms with E-state index in [0.29, 0.717) is 33.3 Å². The smallest absolute Gasteiger partial charge is 0.255 e. The number of hydrogen-bond donors (Lipinski definition) is 3. The Labute approximate surface area is 255 Å². The van der Waals surface area contributed by atoms with E-state index in [-0.39, 0.29) is 50.6 Å². The Morgan fingerprint density at radius 1 is 1.07 bits per heavy atom. The van der Waals surface area contributed by atoms with Crippen LogP contribution in [0.1, 0.15) is 52.1 Å². The number of furan rings is 1. The van der Waals surface area contributed by atoms with Crippen molar-refractivity contribution in [3.63, 3.8) is 0 Å². The molecule has 0 spiro atoms. The molecule has 0 saturated heterocycles. The summed E-state index contributed by atoms with van der Waals surface area (Å²) >= 11 is 0. The van der Waals surface area contributed by atoms with Crippen LogP contribution < -0.4 is 9.62 Å². The maximum Gasteiger partial charge on any atom is 0.255 e. The minimum Gasteiger partial charge on any atom is -0.455 e. The number of hydrogen-bond acceptors (Lipinski definition) is 8. The Bertz CT molecular complexity index is 1730. The van der Waals surface area contributed by atoms with E-state index < -0.39 is 22.1 Å². The molecular weight excluding hydrogens is 591 g/mol. The van der Waals surface area contributed by atoms with Crippen LogP contribution in [0.25, 0.3) is 22.3 Å². The average Bonchev–Trinajstić information content (AvgIpc) is 3.77. The number of sulfonamides is 1. The second kappa shape index (κ2) is 13.4. The van der Waals surface area contributed by atoms with Crippen molar-refractivity contribution in [1.82, 2.24) is 5.32 Å². The molecular formula is C32H35FN2O8S. The van der Waals surface area contributed by atoms with E-state index in [1.54, 1.807) is 24.3 Å². The number of benzene rings is 3. The van der Waals surface area contributed by atoms with Crippen LogP contribution in [0.15, 0.2) is 65.1 Å². The molecule has 1 aliphatic rings. The number of carbonyl (C=O) groups is 1. The van der Waals surface area contributed by atoms with Gasteiger partial charge >= 0.3 is 0 Å². The van der Waals surface area contributed by atoms with E-state index in [9.17, 15) is 27.8 Å². The van der Waals surface area contributed by atoms with Crippen LogP contribution in [0, 0.1) is 5.82 Å². The normalized spacial score (nSPS) is 13.5. The molecule has 0 bridgehead atoms. The SMILES string of the molecule is CNC(=O)c1c(-c2ccc(F)cc2)oc2cc(N(CCOCCOCc3cccc(C(O)O)c3)S(C)(=O)=O)c(C3CC3)cc12. The highest BCUT2D eigenvalue weighted by molar-refractivity contribution is 7.92. The Morgan fingerprint density at radius 3 is 2.45 bits per heavy atom. The van der Waals surface area contributed by atoms with Gasteiger partial charge < -0.3 is 29.4 Å². The van der Waals surface area contributed by atoms with Crippen molar-refractivity contribution >= 4 is 32.6 Å². The molecule has 1 aromatic heterocycles. The summed E-state index contributed by atoms with van der Waals surface area (Å²) in [5, 5.41) is 21.8. The molecule has 10 nitrogen and oxygen atoms in total. The summed E-state index contributed by atoms with van der Waals surface area (Å²) in [6.07, 6.45) is 1.36. The Kier molecular flexibility index (Phi) is 9.66. The van der Waals surface area contributed by atoms with E-state index in [4.69, 9.17) is 13.9 Å². The van der Waals surface area contributed by atoms with Crippen molar-refractivity contribution in [2.75, 3.05) is 44.0 Å². The first-order chi connectivity index (χ1) is 21.1. The van der Waals surface area contributed by atoms with Crippen LogP contribution in [0.3, 0.4) is 0 Å². The number of nitrogens with one attached hydrogen (secondary N) is 1. The number of anilines is 1. The quantitative estimate of drug-likeness (QED) is 0.138. The third-order valence-electron chi connectivity index (χ3n) is 7.41. The molecule has 1 heterocycles. The molecule has 44 heavy (non-hydrogen) atoms. The fraction of sp³-hybridized carbons (Fsp3) is 0.344. The van der Waals surface area contributed by atoms with Gasteiger partial charge in [-0.25, -0.2) is 12.8 Å². The lowest BCUT2D eigenvalue weighted by atomic mass is 10.0. The molecule has 1 saturated carbocycles. The van der Waals surface area contributed by atoms with E-state index in [0.717, 1.165) is 30.2 Å². The van der Waals surface area contributed by atoms with Gasteiger partial charge in [-0.05, 0) is 66.3 Å². The van der Waals surface area contributed by atoms with Gasteiger partial charge in [0.05, 0.1) is 50.5 Å². The zero-order valence-corrected chi connectivity index (χ0v) is 25.3. The van der Waals surface area contributed by atoms with Gasteiger partial charge in [0.15, 0.2) is 6.29 Å². The first-order valence-electron chi connectivity index (χ1n) is 14.2. The predicted octanol–water partition coefficient (Wildman–Crippen LogP) is 4.46. The van der Waals surface area contributed by atoms with E-state index in [1.165, 1.54) is 35.6 Å². The van der Waals surface area contributed by atoms with Gasteiger partial charge in [-0.3, -0.25) is 9.10 Å². The number of aliphatic hydroxyl groups is 2. The Hall–Kier alpha value is -3.81. The summed E-state index contributed by atoms with van der Waals surface area (Å²) in [6.45, 7) is 0.890. The predicted molar refractivity (Wildman–Crippen MR) is 163 cm³/mol. The third-order valence-corrected chi connectivity index (χ3v) is 8.59. The van der Waals surface area contributed by atoms with Gasteiger partial charge in [0, 0.05) is 29.6 Å². The zero-order valence-electron chi connectivity index (χ0n) is 24.5. The van der Waals surface area contributed by atoms with Crippen LogP contribution in [-0.2, 0) is 26.1 Å². The van der Waals surface area contributed by atoms with Crippen LogP contribution >= 0.6 is 0 Å². The molecule has 1 aliphatic carbocycles. The zero-order chi connectivity index (χ0) is 31.4. The number of aliphatic hydroxyl groups excluding tert-OH is 1. The van der Waals surface area contributed by atoms with Gasteiger partial charge in [-0.2, -0.15) is 0 Å². The maximum atomic E-state index is 13.6. The van der Waals surface area contributed by atoms with Crippen molar-refractivity contribution < 1.29 is 41.7 Å². The molecule has 3 aromatic carbocycles. The summed E-state index contributed by atoms with van der Waals surface area (Å²) < 4.78 is 58.4. The fourth-order valence-corrected chi connectivity index (χ4v) is 6.03. The summed E-state index contributed by atoms with van der Waals surface area (Å²) in [5.74, 6) is -0.380. The van der Waals surface area contributed by atoms with Crippen molar-refractivity contribution in [3.05, 3.63) is 88.7 Å². The molecule has 4 aromatic rings. The summed E-state index contributed by atoms with van der Waals surface area (Å²) in [7, 11) is -2.21. The molecule has 12 heteroatoms. The summed E-state index contributed by atoms with van der Waals surface area (Å²) in [6, 6.07) is 15.9. The van der Waals surface area contributed by atoms with E-state index >= 15 is 0 Å². The number of carbonyl (C=O) groups excluding carboxylic acids is 1. The minimum absolute atomic E-state index is 0.0499. The van der Waals surface area contributed by atoms with Crippen molar-refractivity contribution in [2.24, 2.45) is 0 Å². The van der Waals surface area contributed by atoms with E-state index in [1.807, 2.05) is 12.1 Å². The summed E-state index contributed by atoms with van der Waals surface area (Å²) in [4.78, 5) is 13.0. The van der Waals surface area contributed by atoms with Crippen molar-refractivity contribution in [2.45, 2.75) is 31.7 Å². The first kappa shape index (κ1) is 31.6. The number of rotatable bonds is 14. The Morgan fingerprint density at radius 2 is 1.80 bits per heavy atom. The van der Waals surface area contributed by atoms with Crippen LogP contribution in [0.2, 0.25) is 0 Å². The fourth-order valence-electron chi connectivity index (χ4n) is 5.11. The molecule has 1 amide bonds. The van der Waals surface area contributed by atoms with Crippen molar-refractivity contribution in [3.8, 4) is 11.3 Å². The van der Waals surface area contributed by atoms with Gasteiger partial charge in [-0.1, -0.05) is 18.2 Å². The standard InChI is InChI=1S/C32H35FN2O8S/c1-34-31(36)29-26-17-25(21-6-7-21)27(18-28(26)43-30(29)22-8-10-24(33)11-9-22)35(44(2,39)40)12-13-41-14-15-42-19-20-4-3-5-23(16-20)32(37)38/h3-5,8-11,16-18,21,32,37-38H,6-7,12-15,19H2,1-2H3,(H,34,36). The Balaban J connectivity index is 1.33. The van der Waals surface area contributed by atoms with Gasteiger partial charge in [-0.15, -0.1) is 0 Å². The van der Waals surface area contributed by atoms with Crippen LogP contribution in [0.5, 0.6) is 0 Å². The number of halogens is 1. The third kappa shape index (κ3) is 7.28. The largest absolute Gasteiger partial charge is 0.455 e. The van der Waals surface area contributed by atoms with Crippen molar-refractivity contribution in [1.29, 1.82) is 0 Å². The molecule has 1 fully saturated rings. The first-order valence-corrected chi connectivity index (χ1v) is 16.1. The number of ether oxygens (including phenoxy) is 2. The molecule has 3 N–H and O–H groups in total. The van der Waals surface area contributed by atoms with E-state index in [2.05, 4.69) is 5.32 Å². The monoisotopic (exact) mass is 626 g/mol. The highest BCUT2D eigenvalue weighted by Gasteiger charge is 2.33. The highest BCUT2D eigenvalue weighted by Crippen LogP contribution is 2.48. The molecule has 0 unspecified atom stereocenters. The highest BCUT2D eigenvalue weighted by atomic mass is 32.2. The van der Waals surface area contributed by atoms with Gasteiger partial charge in [0.25, 0.3) is 5.91 Å². The van der Waals surface area contributed by atoms with Gasteiger partial charge in [0.2, 0.25) is 10.0 Å². The van der Waals surface area contributed by atoms with Crippen LogP contribution in [-0.4, -0.2) is 64.2 Å². The van der Waals surface area contributed by atoms with Gasteiger partial charge in [0.1, 0.15) is 17.2 Å². The lowest BCUT2D eigenvalue weighted by Gasteiger charge is -2.25. The molecule has 0 aliphatic heterocycles.